The number of imidazole rings is 1. The van der Waals surface area contributed by atoms with Crippen molar-refractivity contribution in [2.24, 2.45) is 7.05 Å². The van der Waals surface area contributed by atoms with Crippen molar-refractivity contribution in [2.75, 3.05) is 0 Å². The van der Waals surface area contributed by atoms with Crippen molar-refractivity contribution in [1.82, 2.24) is 9.55 Å². The number of rotatable bonds is 4. The fourth-order valence-electron chi connectivity index (χ4n) is 1.80. The zero-order valence-electron chi connectivity index (χ0n) is 10.2. The van der Waals surface area contributed by atoms with Crippen LogP contribution >= 0.6 is 0 Å². The first-order valence-corrected chi connectivity index (χ1v) is 5.63. The van der Waals surface area contributed by atoms with E-state index in [2.05, 4.69) is 4.98 Å². The molecule has 0 amide bonds. The maximum absolute atomic E-state index is 13.4. The van der Waals surface area contributed by atoms with Gasteiger partial charge in [0.2, 0.25) is 0 Å². The van der Waals surface area contributed by atoms with Crippen LogP contribution in [0.5, 0.6) is 0 Å². The van der Waals surface area contributed by atoms with Gasteiger partial charge in [0, 0.05) is 44.4 Å². The Morgan fingerprint density at radius 2 is 1.89 bits per heavy atom. The van der Waals surface area contributed by atoms with Gasteiger partial charge >= 0.3 is 0 Å². The molecule has 3 nitrogen and oxygen atoms in total. The quantitative estimate of drug-likeness (QED) is 0.799. The Labute approximate surface area is 107 Å². The van der Waals surface area contributed by atoms with Crippen molar-refractivity contribution in [3.05, 3.63) is 53.4 Å². The second-order valence-corrected chi connectivity index (χ2v) is 4.12. The molecule has 100 valence electrons. The molecule has 1 aromatic carbocycles. The van der Waals surface area contributed by atoms with Gasteiger partial charge in [-0.3, -0.25) is 4.79 Å². The van der Waals surface area contributed by atoms with E-state index < -0.39 is 28.8 Å². The van der Waals surface area contributed by atoms with E-state index in [4.69, 9.17) is 0 Å². The molecule has 0 fully saturated rings. The summed E-state index contributed by atoms with van der Waals surface area (Å²) in [5.74, 6) is -3.48. The van der Waals surface area contributed by atoms with E-state index in [9.17, 15) is 18.0 Å². The van der Waals surface area contributed by atoms with Crippen LogP contribution < -0.4 is 0 Å². The van der Waals surface area contributed by atoms with Gasteiger partial charge in [-0.15, -0.1) is 0 Å². The zero-order valence-corrected chi connectivity index (χ0v) is 10.2. The molecule has 0 radical (unpaired) electrons. The van der Waals surface area contributed by atoms with Gasteiger partial charge in [0.1, 0.15) is 23.3 Å². The minimum absolute atomic E-state index is 0.0929. The molecule has 19 heavy (non-hydrogen) atoms. The van der Waals surface area contributed by atoms with E-state index >= 15 is 0 Å². The maximum Gasteiger partial charge on any atom is 0.169 e. The maximum atomic E-state index is 13.4. The lowest BCUT2D eigenvalue weighted by atomic mass is 10.0. The average Bonchev–Trinajstić information content (AvgIpc) is 2.70. The van der Waals surface area contributed by atoms with Gasteiger partial charge in [0.05, 0.1) is 5.56 Å². The summed E-state index contributed by atoms with van der Waals surface area (Å²) in [4.78, 5) is 15.8. The van der Waals surface area contributed by atoms with Crippen molar-refractivity contribution < 1.29 is 18.0 Å². The van der Waals surface area contributed by atoms with Gasteiger partial charge in [-0.05, 0) is 0 Å². The molecule has 1 aromatic heterocycles. The second kappa shape index (κ2) is 5.26. The van der Waals surface area contributed by atoms with Crippen LogP contribution in [0.1, 0.15) is 22.6 Å². The molecular formula is C13H11F3N2O. The van der Waals surface area contributed by atoms with E-state index in [1.54, 1.807) is 24.0 Å². The Bertz CT molecular complexity index is 599. The minimum atomic E-state index is -1.18. The monoisotopic (exact) mass is 268 g/mol. The van der Waals surface area contributed by atoms with Gasteiger partial charge in [-0.25, -0.2) is 18.2 Å². The Kier molecular flexibility index (Phi) is 3.69. The highest BCUT2D eigenvalue weighted by Gasteiger charge is 2.19. The first kappa shape index (κ1) is 13.3. The molecule has 2 aromatic rings. The molecule has 0 aliphatic rings. The van der Waals surface area contributed by atoms with E-state index in [1.165, 1.54) is 0 Å². The molecular weight excluding hydrogens is 257 g/mol. The van der Waals surface area contributed by atoms with Crippen LogP contribution in [0.2, 0.25) is 0 Å². The average molecular weight is 268 g/mol. The van der Waals surface area contributed by atoms with Gasteiger partial charge < -0.3 is 4.57 Å². The molecule has 0 aliphatic heterocycles. The summed E-state index contributed by atoms with van der Waals surface area (Å²) in [5.41, 5.74) is -0.699. The third-order valence-electron chi connectivity index (χ3n) is 2.78. The van der Waals surface area contributed by atoms with Gasteiger partial charge in [-0.1, -0.05) is 0 Å². The summed E-state index contributed by atoms with van der Waals surface area (Å²) in [6.45, 7) is 0. The summed E-state index contributed by atoms with van der Waals surface area (Å²) in [6.07, 6.45) is 3.45. The molecule has 0 N–H and O–H groups in total. The predicted octanol–water partition coefficient (Wildman–Crippen LogP) is 2.65. The van der Waals surface area contributed by atoms with E-state index in [0.717, 1.165) is 0 Å². The molecule has 0 saturated heterocycles. The lowest BCUT2D eigenvalue weighted by Crippen LogP contribution is -2.09. The van der Waals surface area contributed by atoms with Crippen LogP contribution in [0.15, 0.2) is 24.5 Å². The van der Waals surface area contributed by atoms with Gasteiger partial charge in [0.25, 0.3) is 0 Å². The number of halogens is 3. The number of ketones is 1. The van der Waals surface area contributed by atoms with Crippen molar-refractivity contribution in [1.29, 1.82) is 0 Å². The number of aryl methyl sites for hydroxylation is 2. The highest BCUT2D eigenvalue weighted by Crippen LogP contribution is 2.17. The normalized spacial score (nSPS) is 10.7. The summed E-state index contributed by atoms with van der Waals surface area (Å²) >= 11 is 0. The van der Waals surface area contributed by atoms with E-state index in [1.807, 2.05) is 0 Å². The molecule has 0 saturated carbocycles. The Balaban J connectivity index is 2.15. The third-order valence-corrected chi connectivity index (χ3v) is 2.78. The third kappa shape index (κ3) is 2.83. The van der Waals surface area contributed by atoms with Gasteiger partial charge in [-0.2, -0.15) is 0 Å². The summed E-state index contributed by atoms with van der Waals surface area (Å²) < 4.78 is 41.2. The summed E-state index contributed by atoms with van der Waals surface area (Å²) in [5, 5.41) is 0. The van der Waals surface area contributed by atoms with Crippen molar-refractivity contribution in [3.63, 3.8) is 0 Å². The number of carbonyl (C=O) groups is 1. The number of hydrogen-bond donors (Lipinski definition) is 0. The van der Waals surface area contributed by atoms with Crippen molar-refractivity contribution >= 4 is 5.78 Å². The van der Waals surface area contributed by atoms with Crippen molar-refractivity contribution in [3.8, 4) is 0 Å². The summed E-state index contributed by atoms with van der Waals surface area (Å²) in [6, 6.07) is 0.994. The number of hydrogen-bond acceptors (Lipinski definition) is 2. The molecule has 2 rings (SSSR count). The van der Waals surface area contributed by atoms with Crippen LogP contribution in [0.25, 0.3) is 0 Å². The first-order valence-electron chi connectivity index (χ1n) is 5.63. The number of nitrogens with zero attached hydrogens (tertiary/aromatic N) is 2. The standard InChI is InChI=1S/C13H11F3N2O/c1-18-5-4-17-12(18)3-2-11(19)13-9(15)6-8(14)7-10(13)16/h4-7H,2-3H2,1H3. The largest absolute Gasteiger partial charge is 0.338 e. The van der Waals surface area contributed by atoms with Gasteiger partial charge in [0.15, 0.2) is 5.78 Å². The Morgan fingerprint density at radius 3 is 2.42 bits per heavy atom. The first-order chi connectivity index (χ1) is 8.99. The number of Topliss-reactive ketones (excluding diaryl/α,β-unsaturated/α-hetero) is 1. The lowest BCUT2D eigenvalue weighted by Gasteiger charge is -2.05. The lowest BCUT2D eigenvalue weighted by molar-refractivity contribution is 0.0973. The molecule has 0 aliphatic carbocycles. The topological polar surface area (TPSA) is 34.9 Å². The molecule has 0 spiro atoms. The smallest absolute Gasteiger partial charge is 0.169 e. The van der Waals surface area contributed by atoms with Crippen LogP contribution in [0.4, 0.5) is 13.2 Å². The van der Waals surface area contributed by atoms with Crippen molar-refractivity contribution in [2.45, 2.75) is 12.8 Å². The molecule has 0 bridgehead atoms. The van der Waals surface area contributed by atoms with E-state index in [-0.39, 0.29) is 12.8 Å². The number of aromatic nitrogens is 2. The van der Waals surface area contributed by atoms with Crippen LogP contribution in [0, 0.1) is 17.5 Å². The van der Waals surface area contributed by atoms with Crippen LogP contribution in [0.3, 0.4) is 0 Å². The number of carbonyl (C=O) groups excluding carboxylic acids is 1. The Hall–Kier alpha value is -2.11. The fourth-order valence-corrected chi connectivity index (χ4v) is 1.80. The predicted molar refractivity (Wildman–Crippen MR) is 62.2 cm³/mol. The molecule has 0 unspecified atom stereocenters. The van der Waals surface area contributed by atoms with E-state index in [0.29, 0.717) is 18.0 Å². The van der Waals surface area contributed by atoms with Crippen LogP contribution in [-0.4, -0.2) is 15.3 Å². The molecule has 0 atom stereocenters. The SMILES string of the molecule is Cn1ccnc1CCC(=O)c1c(F)cc(F)cc1F. The molecule has 1 heterocycles. The second-order valence-electron chi connectivity index (χ2n) is 4.12. The molecule has 6 heteroatoms. The fraction of sp³-hybridized carbons (Fsp3) is 0.231. The highest BCUT2D eigenvalue weighted by atomic mass is 19.1. The number of benzene rings is 1. The van der Waals surface area contributed by atoms with Crippen LogP contribution in [-0.2, 0) is 13.5 Å². The zero-order chi connectivity index (χ0) is 14.0. The minimum Gasteiger partial charge on any atom is -0.338 e. The summed E-state index contributed by atoms with van der Waals surface area (Å²) in [7, 11) is 1.76. The highest BCUT2D eigenvalue weighted by molar-refractivity contribution is 5.96. The Morgan fingerprint density at radius 1 is 1.26 bits per heavy atom.